The van der Waals surface area contributed by atoms with E-state index in [1.807, 2.05) is 0 Å². The van der Waals surface area contributed by atoms with Gasteiger partial charge in [-0.1, -0.05) is 11.6 Å². The van der Waals surface area contributed by atoms with Gasteiger partial charge in [0.05, 0.1) is 17.7 Å². The molecule has 1 aliphatic rings. The third-order valence-electron chi connectivity index (χ3n) is 3.29. The second-order valence-corrected chi connectivity index (χ2v) is 5.67. The number of esters is 1. The van der Waals surface area contributed by atoms with Gasteiger partial charge in [0.2, 0.25) is 0 Å². The molecular weight excluding hydrogens is 352 g/mol. The van der Waals surface area contributed by atoms with Crippen LogP contribution in [0.2, 0.25) is 5.02 Å². The molecule has 24 heavy (non-hydrogen) atoms. The summed E-state index contributed by atoms with van der Waals surface area (Å²) >= 11 is 10.9. The van der Waals surface area contributed by atoms with Crippen LogP contribution in [0.15, 0.2) is 40.4 Å². The lowest BCUT2D eigenvalue weighted by Crippen LogP contribution is -2.21. The molecule has 0 radical (unpaired) electrons. The summed E-state index contributed by atoms with van der Waals surface area (Å²) in [4.78, 5) is 23.3. The van der Waals surface area contributed by atoms with Crippen molar-refractivity contribution in [2.45, 2.75) is 0 Å². The average molecular weight is 363 g/mol. The van der Waals surface area contributed by atoms with Gasteiger partial charge in [-0.25, -0.2) is 4.79 Å². The van der Waals surface area contributed by atoms with Gasteiger partial charge in [-0.2, -0.15) is 0 Å². The number of rotatable bonds is 3. The lowest BCUT2D eigenvalue weighted by Gasteiger charge is -2.04. The number of nitrogens with one attached hydrogen (secondary N) is 2. The minimum absolute atomic E-state index is 0.246. The third-order valence-corrected chi connectivity index (χ3v) is 3.82. The minimum atomic E-state index is -0.531. The van der Waals surface area contributed by atoms with E-state index in [1.54, 1.807) is 30.3 Å². The molecule has 0 bridgehead atoms. The summed E-state index contributed by atoms with van der Waals surface area (Å²) in [5.74, 6) is 0.125. The highest BCUT2D eigenvalue weighted by Crippen LogP contribution is 2.28. The van der Waals surface area contributed by atoms with Crippen LogP contribution in [-0.2, 0) is 9.53 Å². The Labute approximate surface area is 147 Å². The van der Waals surface area contributed by atoms with Gasteiger partial charge in [-0.3, -0.25) is 10.1 Å². The smallest absolute Gasteiger partial charge is 0.339 e. The number of carbonyl (C=O) groups excluding carboxylic acids is 2. The summed E-state index contributed by atoms with van der Waals surface area (Å²) in [6.45, 7) is 0. The second kappa shape index (κ2) is 6.46. The van der Waals surface area contributed by atoms with Gasteiger partial charge >= 0.3 is 5.97 Å². The van der Waals surface area contributed by atoms with Gasteiger partial charge in [-0.05, 0) is 42.5 Å². The molecule has 3 rings (SSSR count). The first-order valence-electron chi connectivity index (χ1n) is 6.80. The monoisotopic (exact) mass is 362 g/mol. The molecule has 1 aliphatic heterocycles. The topological polar surface area (TPSA) is 80.6 Å². The normalized spacial score (nSPS) is 15.3. The minimum Gasteiger partial charge on any atom is -0.465 e. The molecule has 0 unspecified atom stereocenters. The Hall–Kier alpha value is -2.64. The standard InChI is InChI=1S/C16H11ClN2O4S/c1-22-15(21)10-6-8(2-4-11(10)17)13-5-3-9(23-13)7-12-14(20)19-16(24)18-12/h2-7H,1H3,(H2,18,19,20,24)/b12-7-. The van der Waals surface area contributed by atoms with Gasteiger partial charge < -0.3 is 14.5 Å². The molecule has 0 aliphatic carbocycles. The summed E-state index contributed by atoms with van der Waals surface area (Å²) in [6.07, 6.45) is 1.54. The first kappa shape index (κ1) is 16.2. The number of halogens is 1. The van der Waals surface area contributed by atoms with Crippen LogP contribution in [0, 0.1) is 0 Å². The first-order valence-corrected chi connectivity index (χ1v) is 7.58. The molecule has 6 nitrogen and oxygen atoms in total. The van der Waals surface area contributed by atoms with E-state index in [2.05, 4.69) is 10.6 Å². The zero-order valence-electron chi connectivity index (χ0n) is 12.4. The van der Waals surface area contributed by atoms with Crippen LogP contribution in [0.25, 0.3) is 17.4 Å². The molecule has 2 heterocycles. The molecule has 0 spiro atoms. The van der Waals surface area contributed by atoms with Crippen LogP contribution in [0.5, 0.6) is 0 Å². The Balaban J connectivity index is 1.91. The van der Waals surface area contributed by atoms with Gasteiger partial charge in [0, 0.05) is 11.6 Å². The fraction of sp³-hybridized carbons (Fsp3) is 0.0625. The predicted molar refractivity (Wildman–Crippen MR) is 92.3 cm³/mol. The van der Waals surface area contributed by atoms with E-state index in [4.69, 9.17) is 33.0 Å². The van der Waals surface area contributed by atoms with E-state index in [9.17, 15) is 9.59 Å². The number of thiocarbonyl (C=S) groups is 1. The van der Waals surface area contributed by atoms with Crippen molar-refractivity contribution in [2.24, 2.45) is 0 Å². The maximum absolute atomic E-state index is 11.7. The molecule has 8 heteroatoms. The Morgan fingerprint density at radius 1 is 1.29 bits per heavy atom. The van der Waals surface area contributed by atoms with E-state index in [1.165, 1.54) is 13.2 Å². The van der Waals surface area contributed by atoms with Crippen LogP contribution in [0.4, 0.5) is 0 Å². The molecule has 2 N–H and O–H groups in total. The highest BCUT2D eigenvalue weighted by atomic mass is 35.5. The van der Waals surface area contributed by atoms with Gasteiger partial charge in [-0.15, -0.1) is 0 Å². The SMILES string of the molecule is COC(=O)c1cc(-c2ccc(/C=C3\NC(=S)NC3=O)o2)ccc1Cl. The molecule has 1 saturated heterocycles. The Bertz CT molecular complexity index is 888. The first-order chi connectivity index (χ1) is 11.5. The fourth-order valence-electron chi connectivity index (χ4n) is 2.16. The average Bonchev–Trinajstić information content (AvgIpc) is 3.14. The molecule has 1 aromatic heterocycles. The summed E-state index contributed by atoms with van der Waals surface area (Å²) in [7, 11) is 1.28. The second-order valence-electron chi connectivity index (χ2n) is 4.85. The van der Waals surface area contributed by atoms with E-state index in [0.29, 0.717) is 27.8 Å². The van der Waals surface area contributed by atoms with Crippen molar-refractivity contribution >= 4 is 46.9 Å². The maximum atomic E-state index is 11.7. The Kier molecular flexibility index (Phi) is 4.37. The molecular formula is C16H11ClN2O4S. The van der Waals surface area contributed by atoms with Crippen LogP contribution in [0.1, 0.15) is 16.1 Å². The summed E-state index contributed by atoms with van der Waals surface area (Å²) < 4.78 is 10.4. The molecule has 1 aromatic carbocycles. The number of carbonyl (C=O) groups is 2. The Morgan fingerprint density at radius 3 is 2.75 bits per heavy atom. The number of benzene rings is 1. The van der Waals surface area contributed by atoms with Crippen LogP contribution >= 0.6 is 23.8 Å². The maximum Gasteiger partial charge on any atom is 0.339 e. The largest absolute Gasteiger partial charge is 0.465 e. The molecule has 0 atom stereocenters. The fourth-order valence-corrected chi connectivity index (χ4v) is 2.55. The quantitative estimate of drug-likeness (QED) is 0.496. The van der Waals surface area contributed by atoms with Crippen LogP contribution in [0.3, 0.4) is 0 Å². The zero-order chi connectivity index (χ0) is 17.3. The van der Waals surface area contributed by atoms with E-state index in [0.717, 1.165) is 0 Å². The van der Waals surface area contributed by atoms with Gasteiger partial charge in [0.15, 0.2) is 5.11 Å². The van der Waals surface area contributed by atoms with Gasteiger partial charge in [0.1, 0.15) is 17.2 Å². The number of furan rings is 1. The van der Waals surface area contributed by atoms with Crippen molar-refractivity contribution in [1.29, 1.82) is 0 Å². The number of methoxy groups -OCH3 is 1. The summed E-state index contributed by atoms with van der Waals surface area (Å²) in [5, 5.41) is 5.74. The van der Waals surface area contributed by atoms with Crippen molar-refractivity contribution in [2.75, 3.05) is 7.11 Å². The highest BCUT2D eigenvalue weighted by Gasteiger charge is 2.20. The van der Waals surface area contributed by atoms with Crippen molar-refractivity contribution in [1.82, 2.24) is 10.6 Å². The van der Waals surface area contributed by atoms with Crippen molar-refractivity contribution < 1.29 is 18.7 Å². The van der Waals surface area contributed by atoms with E-state index in [-0.39, 0.29) is 16.6 Å². The molecule has 2 aromatic rings. The highest BCUT2D eigenvalue weighted by molar-refractivity contribution is 7.80. The van der Waals surface area contributed by atoms with E-state index >= 15 is 0 Å². The van der Waals surface area contributed by atoms with Crippen LogP contribution < -0.4 is 10.6 Å². The molecule has 1 fully saturated rings. The van der Waals surface area contributed by atoms with Crippen molar-refractivity contribution in [3.05, 3.63) is 52.4 Å². The zero-order valence-corrected chi connectivity index (χ0v) is 14.0. The van der Waals surface area contributed by atoms with Crippen molar-refractivity contribution in [3.8, 4) is 11.3 Å². The lowest BCUT2D eigenvalue weighted by atomic mass is 10.1. The Morgan fingerprint density at radius 2 is 2.08 bits per heavy atom. The number of ether oxygens (including phenoxy) is 1. The predicted octanol–water partition coefficient (Wildman–Crippen LogP) is 2.73. The van der Waals surface area contributed by atoms with Crippen LogP contribution in [-0.4, -0.2) is 24.1 Å². The van der Waals surface area contributed by atoms with E-state index < -0.39 is 5.97 Å². The third kappa shape index (κ3) is 3.17. The lowest BCUT2D eigenvalue weighted by molar-refractivity contribution is -0.115. The molecule has 1 amide bonds. The molecule has 0 saturated carbocycles. The summed E-state index contributed by atoms with van der Waals surface area (Å²) in [5.41, 5.74) is 1.20. The number of hydrogen-bond donors (Lipinski definition) is 2. The number of amides is 1. The van der Waals surface area contributed by atoms with Gasteiger partial charge in [0.25, 0.3) is 5.91 Å². The van der Waals surface area contributed by atoms with Crippen molar-refractivity contribution in [3.63, 3.8) is 0 Å². The molecule has 122 valence electrons. The summed E-state index contributed by atoms with van der Waals surface area (Å²) in [6, 6.07) is 8.32. The number of hydrogen-bond acceptors (Lipinski definition) is 5.